The Morgan fingerprint density at radius 1 is 0.806 bits per heavy atom. The van der Waals surface area contributed by atoms with Crippen molar-refractivity contribution in [3.8, 4) is 11.1 Å². The zero-order chi connectivity index (χ0) is 25.3. The number of carbonyl (C=O) groups is 3. The van der Waals surface area contributed by atoms with Crippen molar-refractivity contribution in [1.82, 2.24) is 10.6 Å². The number of alkyl carbamates (subject to hydrolysis) is 1. The zero-order valence-electron chi connectivity index (χ0n) is 19.9. The summed E-state index contributed by atoms with van der Waals surface area (Å²) in [5, 5.41) is 4.91. The molecule has 36 heavy (non-hydrogen) atoms. The van der Waals surface area contributed by atoms with E-state index in [2.05, 4.69) is 22.8 Å². The van der Waals surface area contributed by atoms with Crippen molar-refractivity contribution in [2.24, 2.45) is 0 Å². The highest BCUT2D eigenvalue weighted by Gasteiger charge is 2.29. The number of hydrogen-bond donors (Lipinski definition) is 2. The Balaban J connectivity index is 1.14. The van der Waals surface area contributed by atoms with E-state index in [0.717, 1.165) is 27.8 Å². The van der Waals surface area contributed by atoms with Crippen molar-refractivity contribution in [3.63, 3.8) is 0 Å². The highest BCUT2D eigenvalue weighted by Crippen LogP contribution is 2.44. The van der Waals surface area contributed by atoms with Gasteiger partial charge in [-0.3, -0.25) is 4.79 Å². The van der Waals surface area contributed by atoms with Crippen LogP contribution in [0.25, 0.3) is 11.1 Å². The lowest BCUT2D eigenvalue weighted by molar-refractivity contribution is -0.158. The van der Waals surface area contributed by atoms with Crippen LogP contribution in [0, 0.1) is 0 Å². The molecule has 1 aliphatic carbocycles. The standard InChI is InChI=1S/C28H28N2O6/c1-19(27(32)34-16-20-9-3-2-4-10-20)36-18-30-26(31)15-29-28(33)35-17-25-23-13-7-5-11-21(23)22-12-6-8-14-24(22)25/h2-14,19,25H,15-18H2,1H3,(H,29,33)(H,30,31)/t19-/m1/s1. The predicted molar refractivity (Wildman–Crippen MR) is 133 cm³/mol. The molecule has 3 aromatic carbocycles. The fourth-order valence-electron chi connectivity index (χ4n) is 4.03. The number of benzene rings is 3. The number of ether oxygens (including phenoxy) is 3. The minimum Gasteiger partial charge on any atom is -0.459 e. The molecule has 0 unspecified atom stereocenters. The Bertz CT molecular complexity index is 1170. The minimum absolute atomic E-state index is 0.0616. The van der Waals surface area contributed by atoms with Gasteiger partial charge in [-0.1, -0.05) is 78.9 Å². The van der Waals surface area contributed by atoms with Gasteiger partial charge >= 0.3 is 12.1 Å². The average Bonchev–Trinajstić information content (AvgIpc) is 3.23. The number of amides is 2. The van der Waals surface area contributed by atoms with Gasteiger partial charge in [0, 0.05) is 5.92 Å². The Hall–Kier alpha value is -4.17. The van der Waals surface area contributed by atoms with Crippen LogP contribution in [0.3, 0.4) is 0 Å². The van der Waals surface area contributed by atoms with Gasteiger partial charge in [0.2, 0.25) is 5.91 Å². The van der Waals surface area contributed by atoms with E-state index in [-0.39, 0.29) is 32.4 Å². The van der Waals surface area contributed by atoms with Crippen molar-refractivity contribution >= 4 is 18.0 Å². The van der Waals surface area contributed by atoms with Gasteiger partial charge in [-0.2, -0.15) is 0 Å². The lowest BCUT2D eigenvalue weighted by Gasteiger charge is -2.15. The van der Waals surface area contributed by atoms with Gasteiger partial charge in [-0.05, 0) is 34.7 Å². The fraction of sp³-hybridized carbons (Fsp3) is 0.250. The first-order chi connectivity index (χ1) is 17.5. The normalized spacial score (nSPS) is 12.7. The molecule has 0 aromatic heterocycles. The number of esters is 1. The zero-order valence-corrected chi connectivity index (χ0v) is 19.9. The Morgan fingerprint density at radius 2 is 1.42 bits per heavy atom. The topological polar surface area (TPSA) is 103 Å². The summed E-state index contributed by atoms with van der Waals surface area (Å²) in [6.07, 6.45) is -1.55. The first-order valence-corrected chi connectivity index (χ1v) is 11.7. The third kappa shape index (κ3) is 6.28. The molecule has 0 heterocycles. The Morgan fingerprint density at radius 3 is 2.08 bits per heavy atom. The lowest BCUT2D eigenvalue weighted by Crippen LogP contribution is -2.39. The maximum Gasteiger partial charge on any atom is 0.407 e. The minimum atomic E-state index is -0.857. The molecule has 1 aliphatic rings. The average molecular weight is 489 g/mol. The van der Waals surface area contributed by atoms with Crippen LogP contribution in [0.4, 0.5) is 4.79 Å². The smallest absolute Gasteiger partial charge is 0.407 e. The van der Waals surface area contributed by atoms with Gasteiger partial charge in [0.15, 0.2) is 6.10 Å². The van der Waals surface area contributed by atoms with Crippen LogP contribution in [-0.4, -0.2) is 44.0 Å². The molecule has 186 valence electrons. The molecule has 2 amide bonds. The summed E-state index contributed by atoms with van der Waals surface area (Å²) in [6.45, 7) is 1.35. The third-order valence-corrected chi connectivity index (χ3v) is 5.90. The van der Waals surface area contributed by atoms with Gasteiger partial charge in [-0.25, -0.2) is 9.59 Å². The Labute approximate surface area is 209 Å². The monoisotopic (exact) mass is 488 g/mol. The first kappa shape index (κ1) is 24.9. The van der Waals surface area contributed by atoms with Crippen LogP contribution in [-0.2, 0) is 30.4 Å². The van der Waals surface area contributed by atoms with E-state index in [9.17, 15) is 14.4 Å². The van der Waals surface area contributed by atoms with Gasteiger partial charge < -0.3 is 24.8 Å². The van der Waals surface area contributed by atoms with E-state index in [1.165, 1.54) is 6.92 Å². The van der Waals surface area contributed by atoms with E-state index >= 15 is 0 Å². The first-order valence-electron chi connectivity index (χ1n) is 11.7. The molecule has 2 N–H and O–H groups in total. The molecule has 1 atom stereocenters. The van der Waals surface area contributed by atoms with Crippen molar-refractivity contribution < 1.29 is 28.6 Å². The van der Waals surface area contributed by atoms with Gasteiger partial charge in [0.05, 0.1) is 0 Å². The van der Waals surface area contributed by atoms with Crippen molar-refractivity contribution in [2.75, 3.05) is 19.9 Å². The molecule has 0 spiro atoms. The van der Waals surface area contributed by atoms with E-state index in [1.54, 1.807) is 0 Å². The van der Waals surface area contributed by atoms with Gasteiger partial charge in [-0.15, -0.1) is 0 Å². The van der Waals surface area contributed by atoms with Gasteiger partial charge in [0.1, 0.15) is 26.5 Å². The van der Waals surface area contributed by atoms with Crippen molar-refractivity contribution in [2.45, 2.75) is 25.6 Å². The van der Waals surface area contributed by atoms with Crippen LogP contribution in [0.5, 0.6) is 0 Å². The van der Waals surface area contributed by atoms with Gasteiger partial charge in [0.25, 0.3) is 0 Å². The molecular weight excluding hydrogens is 460 g/mol. The van der Waals surface area contributed by atoms with E-state index in [1.807, 2.05) is 66.7 Å². The molecule has 0 bridgehead atoms. The summed E-state index contributed by atoms with van der Waals surface area (Å²) in [6, 6.07) is 25.4. The molecular formula is C28H28N2O6. The van der Waals surface area contributed by atoms with Crippen LogP contribution in [0.1, 0.15) is 29.5 Å². The molecule has 8 nitrogen and oxygen atoms in total. The third-order valence-electron chi connectivity index (χ3n) is 5.90. The number of nitrogens with one attached hydrogen (secondary N) is 2. The molecule has 0 radical (unpaired) electrons. The molecule has 0 fully saturated rings. The summed E-state index contributed by atoms with van der Waals surface area (Å²) in [5.41, 5.74) is 5.36. The van der Waals surface area contributed by atoms with E-state index in [0.29, 0.717) is 0 Å². The number of carbonyl (C=O) groups excluding carboxylic acids is 3. The lowest BCUT2D eigenvalue weighted by atomic mass is 9.98. The maximum absolute atomic E-state index is 12.2. The fourth-order valence-corrected chi connectivity index (χ4v) is 4.03. The predicted octanol–water partition coefficient (Wildman–Crippen LogP) is 3.75. The molecule has 0 saturated carbocycles. The maximum atomic E-state index is 12.2. The van der Waals surface area contributed by atoms with Crippen LogP contribution in [0.15, 0.2) is 78.9 Å². The van der Waals surface area contributed by atoms with Crippen LogP contribution >= 0.6 is 0 Å². The van der Waals surface area contributed by atoms with E-state index in [4.69, 9.17) is 14.2 Å². The summed E-state index contributed by atoms with van der Waals surface area (Å²) in [4.78, 5) is 36.2. The number of rotatable bonds is 10. The highest BCUT2D eigenvalue weighted by molar-refractivity contribution is 5.82. The summed E-state index contributed by atoms with van der Waals surface area (Å²) in [5.74, 6) is -1.08. The molecule has 0 aliphatic heterocycles. The number of hydrogen-bond acceptors (Lipinski definition) is 6. The van der Waals surface area contributed by atoms with E-state index < -0.39 is 24.1 Å². The molecule has 0 saturated heterocycles. The number of fused-ring (bicyclic) bond motifs is 3. The quantitative estimate of drug-likeness (QED) is 0.333. The highest BCUT2D eigenvalue weighted by atomic mass is 16.6. The van der Waals surface area contributed by atoms with Crippen molar-refractivity contribution in [1.29, 1.82) is 0 Å². The van der Waals surface area contributed by atoms with Crippen LogP contribution < -0.4 is 10.6 Å². The second-order valence-corrected chi connectivity index (χ2v) is 8.33. The Kier molecular flexibility index (Phi) is 8.31. The summed E-state index contributed by atoms with van der Waals surface area (Å²) >= 11 is 0. The van der Waals surface area contributed by atoms with Crippen molar-refractivity contribution in [3.05, 3.63) is 95.6 Å². The largest absolute Gasteiger partial charge is 0.459 e. The summed E-state index contributed by atoms with van der Waals surface area (Å²) in [7, 11) is 0. The van der Waals surface area contributed by atoms with Crippen LogP contribution in [0.2, 0.25) is 0 Å². The second kappa shape index (κ2) is 12.0. The molecule has 4 rings (SSSR count). The summed E-state index contributed by atoms with van der Waals surface area (Å²) < 4.78 is 15.9. The second-order valence-electron chi connectivity index (χ2n) is 8.33. The molecule has 3 aromatic rings. The SMILES string of the molecule is C[C@@H](OCNC(=O)CNC(=O)OCC1c2ccccc2-c2ccccc21)C(=O)OCc1ccccc1. The molecule has 8 heteroatoms.